The maximum absolute atomic E-state index is 13.0. The third-order valence-corrected chi connectivity index (χ3v) is 6.92. The molecule has 1 heterocycles. The zero-order valence-corrected chi connectivity index (χ0v) is 23.4. The van der Waals surface area contributed by atoms with E-state index in [9.17, 15) is 9.59 Å². The number of carbonyl (C=O) groups excluding carboxylic acids is 2. The first-order chi connectivity index (χ1) is 18.5. The number of carbonyl (C=O) groups is 2. The molecule has 3 aromatic carbocycles. The molecule has 10 heteroatoms. The number of nitrogens with one attached hydrogen (secondary N) is 1. The molecule has 0 fully saturated rings. The number of ether oxygens (including phenoxy) is 4. The van der Waals surface area contributed by atoms with Gasteiger partial charge in [0.25, 0.3) is 0 Å². The summed E-state index contributed by atoms with van der Waals surface area (Å²) < 4.78 is 21.8. The Kier molecular flexibility index (Phi) is 8.94. The number of nitrogens with zero attached hydrogens (tertiary/aromatic N) is 2. The number of anilines is 1. The van der Waals surface area contributed by atoms with Gasteiger partial charge < -0.3 is 9.47 Å². The van der Waals surface area contributed by atoms with E-state index in [1.807, 2.05) is 30.3 Å². The van der Waals surface area contributed by atoms with Crippen LogP contribution in [0.4, 0.5) is 5.69 Å². The van der Waals surface area contributed by atoms with Crippen LogP contribution in [0.2, 0.25) is 5.71 Å². The van der Waals surface area contributed by atoms with Gasteiger partial charge in [-0.2, -0.15) is 0 Å². The summed E-state index contributed by atoms with van der Waals surface area (Å²) in [4.78, 5) is 34.8. The predicted molar refractivity (Wildman–Crippen MR) is 146 cm³/mol. The Morgan fingerprint density at radius 2 is 1.61 bits per heavy atom. The van der Waals surface area contributed by atoms with Crippen LogP contribution in [0.1, 0.15) is 20.7 Å². The summed E-state index contributed by atoms with van der Waals surface area (Å²) >= 11 is -0.225. The fourth-order valence-corrected chi connectivity index (χ4v) is 4.65. The average molecular weight is 576 g/mol. The van der Waals surface area contributed by atoms with Crippen LogP contribution in [0.3, 0.4) is 0 Å². The second-order valence-corrected chi connectivity index (χ2v) is 9.84. The molecule has 195 valence electrons. The van der Waals surface area contributed by atoms with Crippen molar-refractivity contribution in [2.45, 2.75) is 5.71 Å². The molecule has 1 N–H and O–H groups in total. The Balaban J connectivity index is 1.64. The molecule has 0 aliphatic rings. The monoisotopic (exact) mass is 576 g/mol. The molecule has 0 spiro atoms. The second kappa shape index (κ2) is 12.5. The molecule has 0 aliphatic carbocycles. The number of aromatic nitrogens is 2. The van der Waals surface area contributed by atoms with E-state index in [1.165, 1.54) is 13.2 Å². The van der Waals surface area contributed by atoms with Crippen LogP contribution in [0.15, 0.2) is 60.7 Å². The van der Waals surface area contributed by atoms with Crippen LogP contribution in [0.25, 0.3) is 22.2 Å². The van der Waals surface area contributed by atoms with Gasteiger partial charge in [-0.05, 0) is 0 Å². The first kappa shape index (κ1) is 27.1. The quantitative estimate of drug-likeness (QED) is 0.173. The fourth-order valence-electron chi connectivity index (χ4n) is 3.80. The van der Waals surface area contributed by atoms with Crippen molar-refractivity contribution in [3.63, 3.8) is 0 Å². The summed E-state index contributed by atoms with van der Waals surface area (Å²) in [5, 5.41) is 3.72. The van der Waals surface area contributed by atoms with E-state index in [4.69, 9.17) is 28.9 Å². The van der Waals surface area contributed by atoms with Crippen molar-refractivity contribution in [3.8, 4) is 22.8 Å². The van der Waals surface area contributed by atoms with Crippen LogP contribution >= 0.6 is 0 Å². The van der Waals surface area contributed by atoms with E-state index >= 15 is 0 Å². The van der Waals surface area contributed by atoms with Crippen molar-refractivity contribution >= 4 is 48.8 Å². The van der Waals surface area contributed by atoms with E-state index in [0.29, 0.717) is 29.4 Å². The van der Waals surface area contributed by atoms with E-state index in [2.05, 4.69) is 11.0 Å². The zero-order chi connectivity index (χ0) is 27.1. The molecule has 0 bridgehead atoms. The Morgan fingerprint density at radius 3 is 2.34 bits per heavy atom. The van der Waals surface area contributed by atoms with Gasteiger partial charge in [-0.1, -0.05) is 0 Å². The molecule has 0 aliphatic heterocycles. The van der Waals surface area contributed by atoms with E-state index in [1.54, 1.807) is 38.5 Å². The molecule has 4 rings (SSSR count). The molecule has 1 radical (unpaired) electrons. The minimum atomic E-state index is -0.518. The van der Waals surface area contributed by atoms with E-state index < -0.39 is 5.97 Å². The normalized spacial score (nSPS) is 11.1. The Labute approximate surface area is 227 Å². The van der Waals surface area contributed by atoms with Gasteiger partial charge in [-0.3, -0.25) is 0 Å². The third kappa shape index (κ3) is 6.12. The van der Waals surface area contributed by atoms with Crippen LogP contribution in [-0.4, -0.2) is 72.1 Å². The number of esters is 1. The van der Waals surface area contributed by atoms with Gasteiger partial charge in [0.1, 0.15) is 6.61 Å². The molecule has 0 saturated carbocycles. The number of rotatable bonds is 10. The van der Waals surface area contributed by atoms with Crippen LogP contribution in [-0.2, 0) is 9.47 Å². The molecule has 0 unspecified atom stereocenters. The minimum absolute atomic E-state index is 0.135. The van der Waals surface area contributed by atoms with Gasteiger partial charge in [0.05, 0.1) is 6.61 Å². The third-order valence-electron chi connectivity index (χ3n) is 5.66. The molecular weight excluding hydrogens is 549 g/mol. The van der Waals surface area contributed by atoms with E-state index in [-0.39, 0.29) is 33.8 Å². The average Bonchev–Trinajstić information content (AvgIpc) is 2.95. The Hall–Kier alpha value is -3.94. The fraction of sp³-hybridized carbons (Fsp3) is 0.214. The van der Waals surface area contributed by atoms with Crippen molar-refractivity contribution < 1.29 is 28.5 Å². The van der Waals surface area contributed by atoms with Gasteiger partial charge in [-0.25, -0.2) is 4.79 Å². The number of hydrogen-bond acceptors (Lipinski definition) is 8. The summed E-state index contributed by atoms with van der Waals surface area (Å²) in [6, 6.07) is 17.5. The second-order valence-electron chi connectivity index (χ2n) is 8.06. The van der Waals surface area contributed by atoms with Crippen LogP contribution in [0.5, 0.6) is 11.5 Å². The zero-order valence-electron chi connectivity index (χ0n) is 21.5. The summed E-state index contributed by atoms with van der Waals surface area (Å²) in [7, 11) is 4.70. The van der Waals surface area contributed by atoms with Gasteiger partial charge >= 0.3 is 193 Å². The van der Waals surface area contributed by atoms with Crippen molar-refractivity contribution in [1.82, 2.24) is 9.97 Å². The number of methoxy groups -OCH3 is 3. The SMILES string of the molecule is COCCOC(=O)c1cccc(C(=O)Nc2cccc(-c3nc([As]C)nc4cc(OC)c(OC)cc34)c2)c1. The molecule has 0 atom stereocenters. The van der Waals surface area contributed by atoms with E-state index in [0.717, 1.165) is 26.8 Å². The molecule has 38 heavy (non-hydrogen) atoms. The molecular formula is C28H27AsN3O6. The summed E-state index contributed by atoms with van der Waals surface area (Å²) in [5.41, 5.74) is 5.59. The van der Waals surface area contributed by atoms with Crippen molar-refractivity contribution in [3.05, 3.63) is 71.8 Å². The predicted octanol–water partition coefficient (Wildman–Crippen LogP) is 3.75. The number of hydrogen-bond donors (Lipinski definition) is 1. The first-order valence-electron chi connectivity index (χ1n) is 11.7. The van der Waals surface area contributed by atoms with Gasteiger partial charge in [0, 0.05) is 7.11 Å². The van der Waals surface area contributed by atoms with Gasteiger partial charge in [0.15, 0.2) is 0 Å². The molecule has 1 aromatic heterocycles. The van der Waals surface area contributed by atoms with Crippen molar-refractivity contribution in [1.29, 1.82) is 0 Å². The number of amides is 1. The Bertz CT molecular complexity index is 1480. The number of fused-ring (bicyclic) bond motifs is 1. The summed E-state index contributed by atoms with van der Waals surface area (Å²) in [5.74, 6) is 0.295. The van der Waals surface area contributed by atoms with Crippen molar-refractivity contribution in [2.75, 3.05) is 39.9 Å². The maximum atomic E-state index is 13.0. The van der Waals surface area contributed by atoms with Crippen molar-refractivity contribution in [2.24, 2.45) is 0 Å². The summed E-state index contributed by atoms with van der Waals surface area (Å²) in [6.45, 7) is 0.432. The topological polar surface area (TPSA) is 109 Å². The van der Waals surface area contributed by atoms with Gasteiger partial charge in [-0.15, -0.1) is 0 Å². The summed E-state index contributed by atoms with van der Waals surface area (Å²) in [6.07, 6.45) is 0. The van der Waals surface area contributed by atoms with Crippen LogP contribution in [0, 0.1) is 0 Å². The standard InChI is InChI=1S/C28H27AsN3O6/c1-29-28-31-22-16-24(37-4)23(36-3)15-21(22)25(32-28)17-7-6-10-20(14-17)30-26(33)18-8-5-9-19(13-18)27(34)38-12-11-35-2/h5-10,13-16H,11-12H2,1-4H3,(H,30,33). The van der Waals surface area contributed by atoms with Crippen LogP contribution < -0.4 is 19.4 Å². The Morgan fingerprint density at radius 1 is 0.868 bits per heavy atom. The molecule has 1 amide bonds. The number of benzene rings is 3. The molecule has 4 aromatic rings. The first-order valence-corrected chi connectivity index (χ1v) is 14.5. The van der Waals surface area contributed by atoms with Gasteiger partial charge in [0.2, 0.25) is 0 Å². The molecule has 9 nitrogen and oxygen atoms in total. The molecule has 0 saturated heterocycles.